The molecule has 0 spiro atoms. The van der Waals surface area contributed by atoms with E-state index in [-0.39, 0.29) is 36.0 Å². The van der Waals surface area contributed by atoms with Gasteiger partial charge in [0.2, 0.25) is 17.7 Å². The third-order valence-corrected chi connectivity index (χ3v) is 5.92. The second-order valence-electron chi connectivity index (χ2n) is 8.12. The van der Waals surface area contributed by atoms with E-state index in [9.17, 15) is 14.4 Å². The highest BCUT2D eigenvalue weighted by Crippen LogP contribution is 2.28. The number of nitrogens with zero attached hydrogens (tertiary/aromatic N) is 2. The van der Waals surface area contributed by atoms with E-state index >= 15 is 0 Å². The lowest BCUT2D eigenvalue weighted by atomic mass is 9.94. The normalized spacial score (nSPS) is 23.6. The number of likely N-dealkylation sites (tertiary alicyclic amines) is 1. The number of anilines is 1. The highest BCUT2D eigenvalue weighted by molar-refractivity contribution is 6.00. The molecular weight excluding hydrogens is 342 g/mol. The molecule has 1 aliphatic carbocycles. The zero-order valence-electron chi connectivity index (χ0n) is 15.8. The molecule has 2 aliphatic heterocycles. The van der Waals surface area contributed by atoms with Crippen molar-refractivity contribution in [2.45, 2.75) is 45.1 Å². The minimum atomic E-state index is -0.282. The van der Waals surface area contributed by atoms with Crippen molar-refractivity contribution in [3.8, 4) is 0 Å². The van der Waals surface area contributed by atoms with Crippen LogP contribution in [0.1, 0.15) is 37.7 Å². The number of nitrogens with one attached hydrogen (secondary N) is 1. The molecule has 1 aromatic rings. The number of hydrogen-bond acceptors (Lipinski definition) is 3. The molecule has 6 heteroatoms. The Morgan fingerprint density at radius 3 is 2.30 bits per heavy atom. The van der Waals surface area contributed by atoms with Crippen molar-refractivity contribution in [1.82, 2.24) is 10.2 Å². The molecular formula is C21H27N3O3. The number of amides is 3. The van der Waals surface area contributed by atoms with Crippen LogP contribution in [-0.4, -0.2) is 48.3 Å². The lowest BCUT2D eigenvalue weighted by molar-refractivity contribution is -0.139. The first kappa shape index (κ1) is 18.0. The molecule has 0 aromatic heterocycles. The van der Waals surface area contributed by atoms with Gasteiger partial charge in [0.15, 0.2) is 0 Å². The summed E-state index contributed by atoms with van der Waals surface area (Å²) in [6, 6.07) is 8.22. The average Bonchev–Trinajstić information content (AvgIpc) is 3.41. The maximum absolute atomic E-state index is 12.9. The monoisotopic (exact) mass is 369 g/mol. The summed E-state index contributed by atoms with van der Waals surface area (Å²) in [5.41, 5.74) is 2.00. The zero-order chi connectivity index (χ0) is 19.0. The molecule has 3 fully saturated rings. The summed E-state index contributed by atoms with van der Waals surface area (Å²) in [6.07, 6.45) is 3.89. The summed E-state index contributed by atoms with van der Waals surface area (Å²) < 4.78 is 0. The first-order valence-corrected chi connectivity index (χ1v) is 9.97. The molecule has 4 rings (SSSR count). The molecule has 3 amide bonds. The van der Waals surface area contributed by atoms with Crippen LogP contribution >= 0.6 is 0 Å². The minimum Gasteiger partial charge on any atom is -0.353 e. The molecule has 2 saturated heterocycles. The molecule has 3 aliphatic rings. The Morgan fingerprint density at radius 2 is 1.67 bits per heavy atom. The topological polar surface area (TPSA) is 69.7 Å². The van der Waals surface area contributed by atoms with E-state index in [1.165, 1.54) is 0 Å². The quantitative estimate of drug-likeness (QED) is 0.881. The third kappa shape index (κ3) is 3.99. The Kier molecular flexibility index (Phi) is 4.89. The molecule has 0 bridgehead atoms. The lowest BCUT2D eigenvalue weighted by Crippen LogP contribution is -2.45. The summed E-state index contributed by atoms with van der Waals surface area (Å²) in [7, 11) is 0. The maximum Gasteiger partial charge on any atom is 0.228 e. The van der Waals surface area contributed by atoms with Gasteiger partial charge >= 0.3 is 0 Å². The number of benzene rings is 1. The van der Waals surface area contributed by atoms with Gasteiger partial charge in [0.1, 0.15) is 0 Å². The SMILES string of the molecule is Cc1ccc(N2C[C@H](C(=O)N3CCC(C(=O)NC4CC4)CC3)CC2=O)cc1. The predicted octanol–water partition coefficient (Wildman–Crippen LogP) is 1.87. The number of hydrogen-bond donors (Lipinski definition) is 1. The van der Waals surface area contributed by atoms with E-state index in [0.29, 0.717) is 38.5 Å². The van der Waals surface area contributed by atoms with Crippen molar-refractivity contribution < 1.29 is 14.4 Å². The number of carbonyl (C=O) groups excluding carboxylic acids is 3. The molecule has 27 heavy (non-hydrogen) atoms. The van der Waals surface area contributed by atoms with Crippen molar-refractivity contribution >= 4 is 23.4 Å². The molecule has 6 nitrogen and oxygen atoms in total. The fourth-order valence-corrected chi connectivity index (χ4v) is 4.01. The molecule has 0 unspecified atom stereocenters. The van der Waals surface area contributed by atoms with E-state index in [4.69, 9.17) is 0 Å². The fourth-order valence-electron chi connectivity index (χ4n) is 4.01. The number of piperidine rings is 1. The van der Waals surface area contributed by atoms with Gasteiger partial charge in [-0.25, -0.2) is 0 Å². The second-order valence-corrected chi connectivity index (χ2v) is 8.12. The third-order valence-electron chi connectivity index (χ3n) is 5.92. The molecule has 1 N–H and O–H groups in total. The van der Waals surface area contributed by atoms with Crippen LogP contribution in [0.25, 0.3) is 0 Å². The van der Waals surface area contributed by atoms with Crippen LogP contribution < -0.4 is 10.2 Å². The Hall–Kier alpha value is -2.37. The number of carbonyl (C=O) groups is 3. The molecule has 1 atom stereocenters. The van der Waals surface area contributed by atoms with E-state index in [1.54, 1.807) is 4.90 Å². The standard InChI is InChI=1S/C21H27N3O3/c1-14-2-6-18(7-3-14)24-13-16(12-19(24)25)21(27)23-10-8-15(9-11-23)20(26)22-17-4-5-17/h2-3,6-7,15-17H,4-5,8-13H2,1H3,(H,22,26)/t16-/m1/s1. The van der Waals surface area contributed by atoms with E-state index in [2.05, 4.69) is 5.32 Å². The van der Waals surface area contributed by atoms with Crippen molar-refractivity contribution in [2.75, 3.05) is 24.5 Å². The Balaban J connectivity index is 1.31. The Morgan fingerprint density at radius 1 is 1.00 bits per heavy atom. The first-order valence-electron chi connectivity index (χ1n) is 9.97. The van der Waals surface area contributed by atoms with Crippen molar-refractivity contribution in [1.29, 1.82) is 0 Å². The van der Waals surface area contributed by atoms with E-state index in [1.807, 2.05) is 36.1 Å². The van der Waals surface area contributed by atoms with Gasteiger partial charge in [0.05, 0.1) is 5.92 Å². The predicted molar refractivity (Wildman–Crippen MR) is 102 cm³/mol. The van der Waals surface area contributed by atoms with Crippen LogP contribution in [0.3, 0.4) is 0 Å². The van der Waals surface area contributed by atoms with Crippen LogP contribution in [-0.2, 0) is 14.4 Å². The van der Waals surface area contributed by atoms with Crippen molar-refractivity contribution in [2.24, 2.45) is 11.8 Å². The lowest BCUT2D eigenvalue weighted by Gasteiger charge is -2.33. The molecule has 144 valence electrons. The molecule has 1 saturated carbocycles. The van der Waals surface area contributed by atoms with Gasteiger partial charge in [0, 0.05) is 43.7 Å². The van der Waals surface area contributed by atoms with Crippen LogP contribution in [0.4, 0.5) is 5.69 Å². The van der Waals surface area contributed by atoms with Gasteiger partial charge in [-0.05, 0) is 44.7 Å². The first-order chi connectivity index (χ1) is 13.0. The second kappa shape index (κ2) is 7.33. The van der Waals surface area contributed by atoms with Gasteiger partial charge in [-0.1, -0.05) is 17.7 Å². The van der Waals surface area contributed by atoms with Gasteiger partial charge in [0.25, 0.3) is 0 Å². The van der Waals surface area contributed by atoms with Crippen LogP contribution in [0.5, 0.6) is 0 Å². The minimum absolute atomic E-state index is 0.0101. The largest absolute Gasteiger partial charge is 0.353 e. The van der Waals surface area contributed by atoms with Gasteiger partial charge in [-0.15, -0.1) is 0 Å². The number of rotatable bonds is 4. The van der Waals surface area contributed by atoms with E-state index < -0.39 is 0 Å². The highest BCUT2D eigenvalue weighted by atomic mass is 16.2. The van der Waals surface area contributed by atoms with Crippen molar-refractivity contribution in [3.05, 3.63) is 29.8 Å². The smallest absolute Gasteiger partial charge is 0.228 e. The van der Waals surface area contributed by atoms with Crippen LogP contribution in [0, 0.1) is 18.8 Å². The summed E-state index contributed by atoms with van der Waals surface area (Å²) in [6.45, 7) is 3.67. The van der Waals surface area contributed by atoms with Gasteiger partial charge in [-0.3, -0.25) is 14.4 Å². The van der Waals surface area contributed by atoms with Crippen LogP contribution in [0.2, 0.25) is 0 Å². The van der Waals surface area contributed by atoms with Crippen molar-refractivity contribution in [3.63, 3.8) is 0 Å². The maximum atomic E-state index is 12.9. The summed E-state index contributed by atoms with van der Waals surface area (Å²) in [4.78, 5) is 41.0. The average molecular weight is 369 g/mol. The summed E-state index contributed by atoms with van der Waals surface area (Å²) >= 11 is 0. The number of aryl methyl sites for hydroxylation is 1. The fraction of sp³-hybridized carbons (Fsp3) is 0.571. The molecule has 2 heterocycles. The highest BCUT2D eigenvalue weighted by Gasteiger charge is 2.39. The molecule has 0 radical (unpaired) electrons. The van der Waals surface area contributed by atoms with E-state index in [0.717, 1.165) is 24.1 Å². The summed E-state index contributed by atoms with van der Waals surface area (Å²) in [5.74, 6) is -0.0549. The zero-order valence-corrected chi connectivity index (χ0v) is 15.8. The van der Waals surface area contributed by atoms with Gasteiger partial charge < -0.3 is 15.1 Å². The summed E-state index contributed by atoms with van der Waals surface area (Å²) in [5, 5.41) is 3.06. The molecule has 1 aromatic carbocycles. The Bertz CT molecular complexity index is 734. The van der Waals surface area contributed by atoms with Gasteiger partial charge in [-0.2, -0.15) is 0 Å². The Labute approximate surface area is 159 Å². The van der Waals surface area contributed by atoms with Crippen LogP contribution in [0.15, 0.2) is 24.3 Å².